The molecular formula is C10H9Br2FO. The first-order valence-corrected chi connectivity index (χ1v) is 6.32. The highest BCUT2D eigenvalue weighted by atomic mass is 79.9. The van der Waals surface area contributed by atoms with Crippen molar-refractivity contribution < 1.29 is 9.18 Å². The number of hydrogen-bond acceptors (Lipinski definition) is 1. The largest absolute Gasteiger partial charge is 0.298 e. The van der Waals surface area contributed by atoms with E-state index in [-0.39, 0.29) is 11.6 Å². The SMILES string of the molecule is O=C(CBr)Cc1ccc(F)c(CBr)c1. The highest BCUT2D eigenvalue weighted by Gasteiger charge is 2.05. The first kappa shape index (κ1) is 11.9. The summed E-state index contributed by atoms with van der Waals surface area (Å²) in [6.45, 7) is 0. The van der Waals surface area contributed by atoms with Crippen molar-refractivity contribution in [1.29, 1.82) is 0 Å². The van der Waals surface area contributed by atoms with Crippen molar-refractivity contribution in [3.63, 3.8) is 0 Å². The second-order valence-electron chi connectivity index (χ2n) is 2.91. The zero-order valence-corrected chi connectivity index (χ0v) is 10.6. The van der Waals surface area contributed by atoms with Crippen LogP contribution in [0.2, 0.25) is 0 Å². The minimum absolute atomic E-state index is 0.0946. The van der Waals surface area contributed by atoms with Gasteiger partial charge in [0.05, 0.1) is 5.33 Å². The Bertz CT molecular complexity index is 339. The fraction of sp³-hybridized carbons (Fsp3) is 0.300. The van der Waals surface area contributed by atoms with Crippen molar-refractivity contribution in [3.8, 4) is 0 Å². The molecule has 0 aliphatic rings. The van der Waals surface area contributed by atoms with Crippen molar-refractivity contribution >= 4 is 37.6 Å². The second-order valence-corrected chi connectivity index (χ2v) is 4.03. The molecule has 0 N–H and O–H groups in total. The average molecular weight is 324 g/mol. The monoisotopic (exact) mass is 322 g/mol. The molecule has 0 fully saturated rings. The Kier molecular flexibility index (Phi) is 4.75. The van der Waals surface area contributed by atoms with Crippen molar-refractivity contribution in [2.75, 3.05) is 5.33 Å². The molecule has 1 rings (SSSR count). The van der Waals surface area contributed by atoms with Gasteiger partial charge < -0.3 is 0 Å². The number of ketones is 1. The minimum Gasteiger partial charge on any atom is -0.298 e. The summed E-state index contributed by atoms with van der Waals surface area (Å²) in [5, 5.41) is 0.809. The lowest BCUT2D eigenvalue weighted by molar-refractivity contribution is -0.115. The number of Topliss-reactive ketones (excluding diaryl/α,β-unsaturated/α-hetero) is 1. The van der Waals surface area contributed by atoms with E-state index >= 15 is 0 Å². The highest BCUT2D eigenvalue weighted by Crippen LogP contribution is 2.14. The van der Waals surface area contributed by atoms with E-state index in [0.717, 1.165) is 5.56 Å². The minimum atomic E-state index is -0.239. The molecule has 1 aromatic rings. The number of halogens is 3. The average Bonchev–Trinajstić information content (AvgIpc) is 2.20. The van der Waals surface area contributed by atoms with Crippen LogP contribution < -0.4 is 0 Å². The molecule has 0 bridgehead atoms. The zero-order chi connectivity index (χ0) is 10.6. The summed E-state index contributed by atoms with van der Waals surface area (Å²) >= 11 is 6.28. The Morgan fingerprint density at radius 1 is 1.36 bits per heavy atom. The summed E-state index contributed by atoms with van der Waals surface area (Å²) in [4.78, 5) is 11.1. The third kappa shape index (κ3) is 3.17. The fourth-order valence-electron chi connectivity index (χ4n) is 1.12. The van der Waals surface area contributed by atoms with Crippen LogP contribution >= 0.6 is 31.9 Å². The molecule has 0 radical (unpaired) electrons. The van der Waals surface area contributed by atoms with E-state index < -0.39 is 0 Å². The van der Waals surface area contributed by atoms with Gasteiger partial charge in [0.25, 0.3) is 0 Å². The van der Waals surface area contributed by atoms with Crippen LogP contribution in [0.25, 0.3) is 0 Å². The Morgan fingerprint density at radius 2 is 2.07 bits per heavy atom. The maximum atomic E-state index is 13.1. The van der Waals surface area contributed by atoms with Gasteiger partial charge in [-0.1, -0.05) is 44.0 Å². The van der Waals surface area contributed by atoms with Crippen LogP contribution in [0.4, 0.5) is 4.39 Å². The lowest BCUT2D eigenvalue weighted by Crippen LogP contribution is -2.04. The Morgan fingerprint density at radius 3 is 2.64 bits per heavy atom. The van der Waals surface area contributed by atoms with E-state index in [1.165, 1.54) is 6.07 Å². The summed E-state index contributed by atoms with van der Waals surface area (Å²) in [6, 6.07) is 4.75. The highest BCUT2D eigenvalue weighted by molar-refractivity contribution is 9.09. The summed E-state index contributed by atoms with van der Waals surface area (Å²) in [7, 11) is 0. The second kappa shape index (κ2) is 5.61. The van der Waals surface area contributed by atoms with Crippen LogP contribution in [-0.2, 0) is 16.5 Å². The van der Waals surface area contributed by atoms with Crippen LogP contribution in [0.3, 0.4) is 0 Å². The van der Waals surface area contributed by atoms with Crippen LogP contribution in [0.5, 0.6) is 0 Å². The smallest absolute Gasteiger partial charge is 0.147 e. The van der Waals surface area contributed by atoms with Gasteiger partial charge in [-0.05, 0) is 17.2 Å². The lowest BCUT2D eigenvalue weighted by Gasteiger charge is -2.02. The molecule has 0 aliphatic heterocycles. The zero-order valence-electron chi connectivity index (χ0n) is 7.40. The summed E-state index contributed by atoms with van der Waals surface area (Å²) in [5.41, 5.74) is 1.44. The molecule has 14 heavy (non-hydrogen) atoms. The molecule has 0 aromatic heterocycles. The molecule has 0 spiro atoms. The number of carbonyl (C=O) groups excluding carboxylic acids is 1. The molecule has 0 unspecified atom stereocenters. The normalized spacial score (nSPS) is 10.2. The first-order chi connectivity index (χ1) is 6.67. The number of rotatable bonds is 4. The van der Waals surface area contributed by atoms with Gasteiger partial charge in [-0.3, -0.25) is 4.79 Å². The van der Waals surface area contributed by atoms with Crippen LogP contribution in [-0.4, -0.2) is 11.1 Å². The molecule has 76 valence electrons. The van der Waals surface area contributed by atoms with E-state index in [4.69, 9.17) is 0 Å². The van der Waals surface area contributed by atoms with Crippen LogP contribution in [0.1, 0.15) is 11.1 Å². The molecule has 1 aromatic carbocycles. The van der Waals surface area contributed by atoms with Gasteiger partial charge in [-0.15, -0.1) is 0 Å². The molecule has 4 heteroatoms. The van der Waals surface area contributed by atoms with Gasteiger partial charge in [0.2, 0.25) is 0 Å². The van der Waals surface area contributed by atoms with E-state index in [0.29, 0.717) is 22.6 Å². The first-order valence-electron chi connectivity index (χ1n) is 4.08. The predicted molar refractivity (Wildman–Crippen MR) is 61.5 cm³/mol. The van der Waals surface area contributed by atoms with Gasteiger partial charge in [0, 0.05) is 11.8 Å². The van der Waals surface area contributed by atoms with Gasteiger partial charge in [-0.2, -0.15) is 0 Å². The third-order valence-electron chi connectivity index (χ3n) is 1.80. The van der Waals surface area contributed by atoms with Gasteiger partial charge in [0.1, 0.15) is 11.6 Å². The maximum absolute atomic E-state index is 13.1. The Labute approximate surface area is 99.0 Å². The number of alkyl halides is 2. The third-order valence-corrected chi connectivity index (χ3v) is 3.03. The van der Waals surface area contributed by atoms with E-state index in [1.807, 2.05) is 0 Å². The molecule has 0 atom stereocenters. The van der Waals surface area contributed by atoms with Crippen molar-refractivity contribution in [1.82, 2.24) is 0 Å². The molecule has 0 saturated carbocycles. The molecule has 0 saturated heterocycles. The standard InChI is InChI=1S/C10H9Br2FO/c11-5-8-3-7(1-2-10(8)13)4-9(14)6-12/h1-3H,4-6H2. The molecule has 0 heterocycles. The van der Waals surface area contributed by atoms with Crippen LogP contribution in [0.15, 0.2) is 18.2 Å². The Balaban J connectivity index is 2.84. The number of hydrogen-bond donors (Lipinski definition) is 0. The number of carbonyl (C=O) groups is 1. The quantitative estimate of drug-likeness (QED) is 0.777. The summed E-state index contributed by atoms with van der Waals surface area (Å²) in [5.74, 6) is -0.144. The predicted octanol–water partition coefficient (Wildman–Crippen LogP) is 3.23. The van der Waals surface area contributed by atoms with Gasteiger partial charge >= 0.3 is 0 Å². The Hall–Kier alpha value is -0.220. The number of benzene rings is 1. The molecule has 0 amide bonds. The van der Waals surface area contributed by atoms with Crippen molar-refractivity contribution in [2.24, 2.45) is 0 Å². The van der Waals surface area contributed by atoms with Crippen molar-refractivity contribution in [3.05, 3.63) is 35.1 Å². The van der Waals surface area contributed by atoms with E-state index in [9.17, 15) is 9.18 Å². The van der Waals surface area contributed by atoms with Gasteiger partial charge in [0.15, 0.2) is 0 Å². The summed E-state index contributed by atoms with van der Waals surface area (Å²) in [6.07, 6.45) is 0.353. The lowest BCUT2D eigenvalue weighted by atomic mass is 10.1. The summed E-state index contributed by atoms with van der Waals surface area (Å²) < 4.78 is 13.1. The molecule has 0 aliphatic carbocycles. The van der Waals surface area contributed by atoms with E-state index in [2.05, 4.69) is 31.9 Å². The topological polar surface area (TPSA) is 17.1 Å². The maximum Gasteiger partial charge on any atom is 0.147 e. The molecular weight excluding hydrogens is 315 g/mol. The van der Waals surface area contributed by atoms with Crippen molar-refractivity contribution in [2.45, 2.75) is 11.8 Å². The molecule has 1 nitrogen and oxygen atoms in total. The fourth-order valence-corrected chi connectivity index (χ4v) is 1.74. The van der Waals surface area contributed by atoms with Gasteiger partial charge in [-0.25, -0.2) is 4.39 Å². The van der Waals surface area contributed by atoms with Crippen LogP contribution in [0, 0.1) is 5.82 Å². The van der Waals surface area contributed by atoms with E-state index in [1.54, 1.807) is 12.1 Å².